The summed E-state index contributed by atoms with van der Waals surface area (Å²) in [6.45, 7) is 0. The van der Waals surface area contributed by atoms with Crippen LogP contribution in [0.3, 0.4) is 0 Å². The van der Waals surface area contributed by atoms with Gasteiger partial charge in [0.15, 0.2) is 5.78 Å². The molecule has 0 N–H and O–H groups in total. The van der Waals surface area contributed by atoms with E-state index in [2.05, 4.69) is 31.9 Å². The van der Waals surface area contributed by atoms with E-state index in [1.165, 1.54) is 0 Å². The van der Waals surface area contributed by atoms with Crippen LogP contribution in [0, 0.1) is 0 Å². The van der Waals surface area contributed by atoms with Crippen molar-refractivity contribution in [1.29, 1.82) is 0 Å². The minimum Gasteiger partial charge on any atom is -0.294 e. The maximum absolute atomic E-state index is 12.2. The molecule has 0 aliphatic rings. The number of halogens is 3. The normalized spacial score (nSPS) is 10.4. The minimum absolute atomic E-state index is 0.0479. The third-order valence-corrected chi connectivity index (χ3v) is 3.96. The van der Waals surface area contributed by atoms with Gasteiger partial charge >= 0.3 is 0 Å². The molecular formula is C14H9Br2ClO. The SMILES string of the molecule is O=C(Cc1ccc(Br)cc1)c1cc(Cl)ccc1Br. The van der Waals surface area contributed by atoms with Gasteiger partial charge in [0.25, 0.3) is 0 Å². The highest BCUT2D eigenvalue weighted by Gasteiger charge is 2.11. The molecule has 92 valence electrons. The quantitative estimate of drug-likeness (QED) is 0.653. The molecule has 0 aliphatic carbocycles. The first-order valence-corrected chi connectivity index (χ1v) is 7.25. The molecular weight excluding hydrogens is 379 g/mol. The zero-order chi connectivity index (χ0) is 13.1. The molecule has 0 fully saturated rings. The summed E-state index contributed by atoms with van der Waals surface area (Å²) in [6.07, 6.45) is 0.367. The molecule has 2 rings (SSSR count). The van der Waals surface area contributed by atoms with Crippen molar-refractivity contribution < 1.29 is 4.79 Å². The van der Waals surface area contributed by atoms with Gasteiger partial charge in [-0.15, -0.1) is 0 Å². The molecule has 1 nitrogen and oxygen atoms in total. The Bertz CT molecular complexity index is 579. The van der Waals surface area contributed by atoms with E-state index < -0.39 is 0 Å². The molecule has 0 spiro atoms. The Labute approximate surface area is 127 Å². The Morgan fingerprint density at radius 1 is 1.06 bits per heavy atom. The van der Waals surface area contributed by atoms with Crippen LogP contribution in [0.2, 0.25) is 5.02 Å². The lowest BCUT2D eigenvalue weighted by Crippen LogP contribution is -2.04. The molecule has 18 heavy (non-hydrogen) atoms. The van der Waals surface area contributed by atoms with Crippen LogP contribution in [-0.2, 0) is 6.42 Å². The number of ketones is 1. The van der Waals surface area contributed by atoms with Crippen molar-refractivity contribution in [2.24, 2.45) is 0 Å². The van der Waals surface area contributed by atoms with Gasteiger partial charge in [0.2, 0.25) is 0 Å². The summed E-state index contributed by atoms with van der Waals surface area (Å²) in [5, 5.41) is 0.567. The number of hydrogen-bond acceptors (Lipinski definition) is 1. The fraction of sp³-hybridized carbons (Fsp3) is 0.0714. The van der Waals surface area contributed by atoms with Crippen molar-refractivity contribution in [3.05, 3.63) is 67.6 Å². The third kappa shape index (κ3) is 3.44. The largest absolute Gasteiger partial charge is 0.294 e. The number of carbonyl (C=O) groups excluding carboxylic acids is 1. The highest BCUT2D eigenvalue weighted by molar-refractivity contribution is 9.10. The van der Waals surface area contributed by atoms with Gasteiger partial charge < -0.3 is 0 Å². The van der Waals surface area contributed by atoms with Crippen LogP contribution in [0.5, 0.6) is 0 Å². The van der Waals surface area contributed by atoms with Gasteiger partial charge in [-0.3, -0.25) is 4.79 Å². The predicted molar refractivity (Wildman–Crippen MR) is 81.3 cm³/mol. The molecule has 0 aromatic heterocycles. The first kappa shape index (κ1) is 13.8. The third-order valence-electron chi connectivity index (χ3n) is 2.51. The number of Topliss-reactive ketones (excluding diaryl/α,β-unsaturated/α-hetero) is 1. The number of carbonyl (C=O) groups is 1. The Hall–Kier alpha value is -0.640. The molecule has 0 aliphatic heterocycles. The summed E-state index contributed by atoms with van der Waals surface area (Å²) in [4.78, 5) is 12.2. The zero-order valence-corrected chi connectivity index (χ0v) is 13.2. The molecule has 2 aromatic carbocycles. The Kier molecular flexibility index (Phi) is 4.60. The number of benzene rings is 2. The molecule has 0 saturated carbocycles. The maximum Gasteiger partial charge on any atom is 0.168 e. The molecule has 0 atom stereocenters. The van der Waals surface area contributed by atoms with Gasteiger partial charge in [-0.1, -0.05) is 55.6 Å². The van der Waals surface area contributed by atoms with E-state index in [9.17, 15) is 4.79 Å². The second kappa shape index (κ2) is 6.00. The van der Waals surface area contributed by atoms with E-state index in [0.29, 0.717) is 17.0 Å². The van der Waals surface area contributed by atoms with Crippen molar-refractivity contribution in [2.45, 2.75) is 6.42 Å². The lowest BCUT2D eigenvalue weighted by atomic mass is 10.0. The molecule has 0 saturated heterocycles. The van der Waals surface area contributed by atoms with Crippen molar-refractivity contribution in [3.63, 3.8) is 0 Å². The van der Waals surface area contributed by atoms with Gasteiger partial charge in [-0.2, -0.15) is 0 Å². The van der Waals surface area contributed by atoms with Crippen molar-refractivity contribution in [1.82, 2.24) is 0 Å². The molecule has 0 heterocycles. The van der Waals surface area contributed by atoms with E-state index in [4.69, 9.17) is 11.6 Å². The molecule has 0 radical (unpaired) electrons. The topological polar surface area (TPSA) is 17.1 Å². The highest BCUT2D eigenvalue weighted by Crippen LogP contribution is 2.23. The van der Waals surface area contributed by atoms with Gasteiger partial charge in [0.1, 0.15) is 0 Å². The monoisotopic (exact) mass is 386 g/mol. The molecule has 4 heteroatoms. The van der Waals surface area contributed by atoms with E-state index in [1.54, 1.807) is 18.2 Å². The van der Waals surface area contributed by atoms with Crippen LogP contribution in [0.4, 0.5) is 0 Å². The Morgan fingerprint density at radius 2 is 1.72 bits per heavy atom. The highest BCUT2D eigenvalue weighted by atomic mass is 79.9. The van der Waals surface area contributed by atoms with Crippen LogP contribution < -0.4 is 0 Å². The van der Waals surface area contributed by atoms with E-state index in [1.807, 2.05) is 24.3 Å². The smallest absolute Gasteiger partial charge is 0.168 e. The van der Waals surface area contributed by atoms with Crippen LogP contribution in [0.25, 0.3) is 0 Å². The maximum atomic E-state index is 12.2. The standard InChI is InChI=1S/C14H9Br2ClO/c15-10-3-1-9(2-4-10)7-14(18)12-8-11(17)5-6-13(12)16/h1-6,8H,7H2. The fourth-order valence-electron chi connectivity index (χ4n) is 1.59. The van der Waals surface area contributed by atoms with Crippen molar-refractivity contribution in [3.8, 4) is 0 Å². The van der Waals surface area contributed by atoms with Crippen molar-refractivity contribution in [2.75, 3.05) is 0 Å². The lowest BCUT2D eigenvalue weighted by Gasteiger charge is -2.05. The van der Waals surface area contributed by atoms with Crippen LogP contribution >= 0.6 is 43.5 Å². The summed E-state index contributed by atoms with van der Waals surface area (Å²) < 4.78 is 1.77. The minimum atomic E-state index is 0.0479. The van der Waals surface area contributed by atoms with E-state index >= 15 is 0 Å². The van der Waals surface area contributed by atoms with Crippen LogP contribution in [-0.4, -0.2) is 5.78 Å². The predicted octanol–water partition coefficient (Wildman–Crippen LogP) is 5.29. The molecule has 0 unspecified atom stereocenters. The Morgan fingerprint density at radius 3 is 2.39 bits per heavy atom. The lowest BCUT2D eigenvalue weighted by molar-refractivity contribution is 0.0992. The first-order chi connectivity index (χ1) is 8.56. The van der Waals surface area contributed by atoms with Gasteiger partial charge in [-0.05, 0) is 35.9 Å². The van der Waals surface area contributed by atoms with Gasteiger partial charge in [-0.25, -0.2) is 0 Å². The van der Waals surface area contributed by atoms with Crippen molar-refractivity contribution >= 4 is 49.2 Å². The number of hydrogen-bond donors (Lipinski definition) is 0. The van der Waals surface area contributed by atoms with Crippen LogP contribution in [0.15, 0.2) is 51.4 Å². The average Bonchev–Trinajstić information content (AvgIpc) is 2.35. The van der Waals surface area contributed by atoms with Gasteiger partial charge in [0.05, 0.1) is 0 Å². The van der Waals surface area contributed by atoms with Gasteiger partial charge in [0, 0.05) is 26.0 Å². The summed E-state index contributed by atoms with van der Waals surface area (Å²) in [5.41, 5.74) is 1.60. The Balaban J connectivity index is 2.21. The summed E-state index contributed by atoms with van der Waals surface area (Å²) in [5.74, 6) is 0.0479. The fourth-order valence-corrected chi connectivity index (χ4v) is 2.50. The van der Waals surface area contributed by atoms with Crippen LogP contribution in [0.1, 0.15) is 15.9 Å². The molecule has 0 bridgehead atoms. The molecule has 2 aromatic rings. The second-order valence-electron chi connectivity index (χ2n) is 3.85. The summed E-state index contributed by atoms with van der Waals surface area (Å²) >= 11 is 12.6. The van der Waals surface area contributed by atoms with E-state index in [0.717, 1.165) is 14.5 Å². The second-order valence-corrected chi connectivity index (χ2v) is 6.06. The first-order valence-electron chi connectivity index (χ1n) is 5.29. The zero-order valence-electron chi connectivity index (χ0n) is 9.29. The average molecular weight is 388 g/mol. The molecule has 0 amide bonds. The number of rotatable bonds is 3. The summed E-state index contributed by atoms with van der Waals surface area (Å²) in [7, 11) is 0. The summed E-state index contributed by atoms with van der Waals surface area (Å²) in [6, 6.07) is 12.9. The van der Waals surface area contributed by atoms with E-state index in [-0.39, 0.29) is 5.78 Å².